The summed E-state index contributed by atoms with van der Waals surface area (Å²) in [7, 11) is 0.273. The topological polar surface area (TPSA) is 43.4 Å². The molecule has 0 aromatic rings. The SMILES string of the molecule is CCCCCS(=O)C=CC(=O)OC. The molecule has 76 valence electrons. The van der Waals surface area contributed by atoms with Crippen LogP contribution in [0.2, 0.25) is 0 Å². The molecule has 0 heterocycles. The molecule has 0 aliphatic rings. The van der Waals surface area contributed by atoms with E-state index in [1.807, 2.05) is 0 Å². The maximum absolute atomic E-state index is 11.2. The average Bonchev–Trinajstić information content (AvgIpc) is 2.14. The van der Waals surface area contributed by atoms with Crippen molar-refractivity contribution in [2.24, 2.45) is 0 Å². The van der Waals surface area contributed by atoms with Crippen LogP contribution in [0.15, 0.2) is 11.5 Å². The second-order valence-electron chi connectivity index (χ2n) is 2.62. The van der Waals surface area contributed by atoms with Gasteiger partial charge >= 0.3 is 5.97 Å². The number of ether oxygens (including phenoxy) is 1. The van der Waals surface area contributed by atoms with Gasteiger partial charge in [-0.05, 0) is 6.42 Å². The number of hydrogen-bond acceptors (Lipinski definition) is 3. The van der Waals surface area contributed by atoms with Gasteiger partial charge in [0, 0.05) is 28.0 Å². The lowest BCUT2D eigenvalue weighted by Gasteiger charge is -1.94. The minimum atomic E-state index is -1.03. The normalized spacial score (nSPS) is 13.1. The molecule has 13 heavy (non-hydrogen) atoms. The summed E-state index contributed by atoms with van der Waals surface area (Å²) in [5.41, 5.74) is 0. The van der Waals surface area contributed by atoms with Crippen molar-refractivity contribution in [2.75, 3.05) is 12.9 Å². The summed E-state index contributed by atoms with van der Waals surface area (Å²) in [6.45, 7) is 2.09. The molecule has 1 unspecified atom stereocenters. The van der Waals surface area contributed by atoms with Gasteiger partial charge in [0.25, 0.3) is 0 Å². The summed E-state index contributed by atoms with van der Waals surface area (Å²) >= 11 is 0. The van der Waals surface area contributed by atoms with E-state index in [1.165, 1.54) is 18.6 Å². The number of carbonyl (C=O) groups excluding carboxylic acids is 1. The van der Waals surface area contributed by atoms with Gasteiger partial charge in [0.05, 0.1) is 7.11 Å². The molecule has 0 spiro atoms. The summed E-state index contributed by atoms with van der Waals surface area (Å²) in [5.74, 6) is 0.172. The van der Waals surface area contributed by atoms with Crippen LogP contribution in [-0.2, 0) is 20.3 Å². The standard InChI is InChI=1S/C9H16O3S/c1-3-4-5-7-13(11)8-6-9(10)12-2/h6,8H,3-5,7H2,1-2H3. The van der Waals surface area contributed by atoms with Crippen molar-refractivity contribution in [2.45, 2.75) is 26.2 Å². The van der Waals surface area contributed by atoms with Crippen LogP contribution in [0.4, 0.5) is 0 Å². The third kappa shape index (κ3) is 7.71. The fourth-order valence-corrected chi connectivity index (χ4v) is 1.65. The molecule has 0 fully saturated rings. The highest BCUT2D eigenvalue weighted by molar-refractivity contribution is 7.87. The first kappa shape index (κ1) is 12.4. The number of unbranched alkanes of at least 4 members (excludes halogenated alkanes) is 2. The van der Waals surface area contributed by atoms with E-state index in [4.69, 9.17) is 0 Å². The predicted octanol–water partition coefficient (Wildman–Crippen LogP) is 1.61. The van der Waals surface area contributed by atoms with E-state index in [1.54, 1.807) is 0 Å². The Morgan fingerprint density at radius 2 is 2.15 bits per heavy atom. The Morgan fingerprint density at radius 1 is 1.46 bits per heavy atom. The quantitative estimate of drug-likeness (QED) is 0.375. The average molecular weight is 204 g/mol. The monoisotopic (exact) mass is 204 g/mol. The molecule has 3 nitrogen and oxygen atoms in total. The van der Waals surface area contributed by atoms with E-state index in [0.29, 0.717) is 5.75 Å². The molecule has 0 saturated heterocycles. The first-order chi connectivity index (χ1) is 6.20. The number of rotatable bonds is 6. The highest BCUT2D eigenvalue weighted by atomic mass is 32.2. The van der Waals surface area contributed by atoms with Crippen LogP contribution in [0.25, 0.3) is 0 Å². The molecule has 1 atom stereocenters. The lowest BCUT2D eigenvalue weighted by atomic mass is 10.3. The van der Waals surface area contributed by atoms with Crippen LogP contribution in [0.3, 0.4) is 0 Å². The molecule has 4 heteroatoms. The van der Waals surface area contributed by atoms with Crippen LogP contribution in [-0.4, -0.2) is 23.0 Å². The zero-order valence-corrected chi connectivity index (χ0v) is 8.93. The predicted molar refractivity (Wildman–Crippen MR) is 53.7 cm³/mol. The molecule has 0 N–H and O–H groups in total. The van der Waals surface area contributed by atoms with E-state index >= 15 is 0 Å². The third-order valence-electron chi connectivity index (χ3n) is 1.51. The van der Waals surface area contributed by atoms with Crippen LogP contribution in [0, 0.1) is 0 Å². The largest absolute Gasteiger partial charge is 0.466 e. The Morgan fingerprint density at radius 3 is 2.69 bits per heavy atom. The lowest BCUT2D eigenvalue weighted by Crippen LogP contribution is -1.97. The molecule has 0 aromatic heterocycles. The Balaban J connectivity index is 3.61. The Bertz CT molecular complexity index is 199. The van der Waals surface area contributed by atoms with Crippen LogP contribution in [0.1, 0.15) is 26.2 Å². The van der Waals surface area contributed by atoms with Gasteiger partial charge < -0.3 is 4.74 Å². The molecule has 0 amide bonds. The van der Waals surface area contributed by atoms with Gasteiger partial charge in [0.15, 0.2) is 0 Å². The highest BCUT2D eigenvalue weighted by Crippen LogP contribution is 1.97. The fourth-order valence-electron chi connectivity index (χ4n) is 0.762. The second-order valence-corrected chi connectivity index (χ2v) is 4.06. The summed E-state index contributed by atoms with van der Waals surface area (Å²) in [6.07, 6.45) is 4.34. The maximum Gasteiger partial charge on any atom is 0.331 e. The molecule has 0 radical (unpaired) electrons. The summed E-state index contributed by atoms with van der Waals surface area (Å²) < 4.78 is 15.5. The molecule has 0 bridgehead atoms. The molecular weight excluding hydrogens is 188 g/mol. The van der Waals surface area contributed by atoms with Crippen molar-refractivity contribution in [1.82, 2.24) is 0 Å². The van der Waals surface area contributed by atoms with E-state index in [0.717, 1.165) is 19.3 Å². The van der Waals surface area contributed by atoms with Crippen LogP contribution >= 0.6 is 0 Å². The molecule has 0 aromatic carbocycles. The summed E-state index contributed by atoms with van der Waals surface area (Å²) in [5, 5.41) is 1.39. The van der Waals surface area contributed by atoms with E-state index in [9.17, 15) is 9.00 Å². The van der Waals surface area contributed by atoms with Gasteiger partial charge in [0.2, 0.25) is 0 Å². The van der Waals surface area contributed by atoms with Crippen molar-refractivity contribution in [1.29, 1.82) is 0 Å². The molecule has 0 aliphatic heterocycles. The van der Waals surface area contributed by atoms with Crippen molar-refractivity contribution in [3.8, 4) is 0 Å². The van der Waals surface area contributed by atoms with Crippen molar-refractivity contribution in [3.05, 3.63) is 11.5 Å². The lowest BCUT2D eigenvalue weighted by molar-refractivity contribution is -0.134. The van der Waals surface area contributed by atoms with Gasteiger partial charge in [0.1, 0.15) is 0 Å². The number of carbonyl (C=O) groups is 1. The van der Waals surface area contributed by atoms with E-state index in [-0.39, 0.29) is 0 Å². The Labute approximate surface area is 81.6 Å². The van der Waals surface area contributed by atoms with Gasteiger partial charge in [-0.2, -0.15) is 0 Å². The zero-order chi connectivity index (χ0) is 10.1. The zero-order valence-electron chi connectivity index (χ0n) is 8.12. The maximum atomic E-state index is 11.2. The number of esters is 1. The Hall–Kier alpha value is -0.640. The Kier molecular flexibility index (Phi) is 7.59. The van der Waals surface area contributed by atoms with Gasteiger partial charge in [-0.25, -0.2) is 4.79 Å². The molecule has 0 aliphatic carbocycles. The second kappa shape index (κ2) is 7.98. The first-order valence-electron chi connectivity index (χ1n) is 4.34. The smallest absolute Gasteiger partial charge is 0.331 e. The highest BCUT2D eigenvalue weighted by Gasteiger charge is 1.96. The third-order valence-corrected chi connectivity index (χ3v) is 2.64. The van der Waals surface area contributed by atoms with E-state index < -0.39 is 16.8 Å². The summed E-state index contributed by atoms with van der Waals surface area (Å²) in [6, 6.07) is 0. The van der Waals surface area contributed by atoms with Gasteiger partial charge in [-0.3, -0.25) is 4.21 Å². The van der Waals surface area contributed by atoms with Gasteiger partial charge in [-0.15, -0.1) is 0 Å². The minimum absolute atomic E-state index is 0.455. The van der Waals surface area contributed by atoms with Crippen LogP contribution in [0.5, 0.6) is 0 Å². The first-order valence-corrected chi connectivity index (χ1v) is 5.72. The van der Waals surface area contributed by atoms with Gasteiger partial charge in [-0.1, -0.05) is 19.8 Å². The van der Waals surface area contributed by atoms with Crippen molar-refractivity contribution in [3.63, 3.8) is 0 Å². The molecule has 0 rings (SSSR count). The van der Waals surface area contributed by atoms with Crippen molar-refractivity contribution < 1.29 is 13.7 Å². The van der Waals surface area contributed by atoms with Crippen molar-refractivity contribution >= 4 is 16.8 Å². The summed E-state index contributed by atoms with van der Waals surface area (Å²) in [4.78, 5) is 10.6. The number of methoxy groups -OCH3 is 1. The number of hydrogen-bond donors (Lipinski definition) is 0. The minimum Gasteiger partial charge on any atom is -0.466 e. The fraction of sp³-hybridized carbons (Fsp3) is 0.667. The molecular formula is C9H16O3S. The molecule has 0 saturated carbocycles. The van der Waals surface area contributed by atoms with Crippen LogP contribution < -0.4 is 0 Å². The van der Waals surface area contributed by atoms with E-state index in [2.05, 4.69) is 11.7 Å².